The molecule has 0 aliphatic rings. The van der Waals surface area contributed by atoms with E-state index in [1.54, 1.807) is 0 Å². The van der Waals surface area contributed by atoms with Gasteiger partial charge < -0.3 is 0 Å². The van der Waals surface area contributed by atoms with Gasteiger partial charge in [-0.3, -0.25) is 0 Å². The van der Waals surface area contributed by atoms with Gasteiger partial charge in [0, 0.05) is 0 Å². The first-order valence-electron chi connectivity index (χ1n) is 1.54. The van der Waals surface area contributed by atoms with E-state index in [2.05, 4.69) is 0 Å². The first-order valence-corrected chi connectivity index (χ1v) is 11.2. The third kappa shape index (κ3) is 2.19. The van der Waals surface area contributed by atoms with E-state index in [1.807, 2.05) is 12.7 Å². The number of alkyl halides is 3. The number of hydrogen-bond acceptors (Lipinski definition) is 2. The maximum atomic E-state index is 11.7. The molecule has 0 aliphatic carbocycles. The molecule has 0 fully saturated rings. The SMILES string of the molecule is O=S(=O)(I(F)Br)C(F)(F)F. The van der Waals surface area contributed by atoms with E-state index in [9.17, 15) is 24.4 Å². The number of halogens is 6. The Bertz CT molecular complexity index is 206. The molecule has 0 heterocycles. The molecule has 10 heavy (non-hydrogen) atoms. The third-order valence-corrected chi connectivity index (χ3v) is 11.9. The summed E-state index contributed by atoms with van der Waals surface area (Å²) < 4.78 is 65.3. The van der Waals surface area contributed by atoms with Crippen molar-refractivity contribution < 1.29 is 24.4 Å². The fourth-order valence-corrected chi connectivity index (χ4v) is 4.12. The van der Waals surface area contributed by atoms with Gasteiger partial charge >= 0.3 is 66.4 Å². The van der Waals surface area contributed by atoms with Crippen molar-refractivity contribution in [2.75, 3.05) is 0 Å². The van der Waals surface area contributed by atoms with E-state index >= 15 is 0 Å². The second kappa shape index (κ2) is 3.09. The monoisotopic (exact) mass is 358 g/mol. The molecule has 0 amide bonds. The van der Waals surface area contributed by atoms with Crippen LogP contribution in [-0.4, -0.2) is 13.9 Å². The molecular formula is CBrF4IO2S. The quantitative estimate of drug-likeness (QED) is 0.410. The minimum atomic E-state index is -5.51. The van der Waals surface area contributed by atoms with Crippen molar-refractivity contribution in [3.63, 3.8) is 0 Å². The predicted molar refractivity (Wildman–Crippen MR) is 39.0 cm³/mol. The van der Waals surface area contributed by atoms with Gasteiger partial charge in [0.2, 0.25) is 0 Å². The van der Waals surface area contributed by atoms with E-state index in [-0.39, 0.29) is 0 Å². The van der Waals surface area contributed by atoms with E-state index in [0.29, 0.717) is 0 Å². The van der Waals surface area contributed by atoms with Crippen molar-refractivity contribution in [1.29, 1.82) is 0 Å². The fourth-order valence-electron chi connectivity index (χ4n) is 0.0661. The first-order chi connectivity index (χ1) is 4.19. The molecule has 0 bridgehead atoms. The Morgan fingerprint density at radius 1 is 1.30 bits per heavy atom. The average Bonchev–Trinajstić information content (AvgIpc) is 1.62. The van der Waals surface area contributed by atoms with Gasteiger partial charge in [0.1, 0.15) is 0 Å². The Morgan fingerprint density at radius 3 is 1.60 bits per heavy atom. The van der Waals surface area contributed by atoms with Crippen molar-refractivity contribution in [3.05, 3.63) is 0 Å². The molecule has 0 aliphatic heterocycles. The normalized spacial score (nSPS) is 15.1. The van der Waals surface area contributed by atoms with Gasteiger partial charge in [-0.25, -0.2) is 0 Å². The third-order valence-electron chi connectivity index (χ3n) is 0.430. The van der Waals surface area contributed by atoms with Crippen LogP contribution < -0.4 is 0 Å². The molecule has 0 unspecified atom stereocenters. The topological polar surface area (TPSA) is 34.1 Å². The zero-order valence-corrected chi connectivity index (χ0v) is 8.55. The van der Waals surface area contributed by atoms with Gasteiger partial charge in [-0.05, 0) is 0 Å². The summed E-state index contributed by atoms with van der Waals surface area (Å²) in [5, 5.41) is 0. The molecule has 0 aromatic heterocycles. The van der Waals surface area contributed by atoms with Gasteiger partial charge in [0.25, 0.3) is 0 Å². The first kappa shape index (κ1) is 10.9. The predicted octanol–water partition coefficient (Wildman–Crippen LogP) is 2.54. The van der Waals surface area contributed by atoms with Crippen LogP contribution in [0.2, 0.25) is 0 Å². The molecule has 0 spiro atoms. The second-order valence-electron chi connectivity index (χ2n) is 1.05. The molecule has 2 nitrogen and oxygen atoms in total. The average molecular weight is 359 g/mol. The Labute approximate surface area is 66.3 Å². The summed E-state index contributed by atoms with van der Waals surface area (Å²) in [7, 11) is -5.51. The van der Waals surface area contributed by atoms with Gasteiger partial charge in [-0.1, -0.05) is 0 Å². The van der Waals surface area contributed by atoms with Crippen LogP contribution in [0.3, 0.4) is 0 Å². The molecule has 0 saturated carbocycles. The summed E-state index contributed by atoms with van der Waals surface area (Å²) in [6.45, 7) is 0. The Hall–Kier alpha value is 0.880. The van der Waals surface area contributed by atoms with Crippen molar-refractivity contribution >= 4 is 36.5 Å². The van der Waals surface area contributed by atoms with Gasteiger partial charge in [0.05, 0.1) is 0 Å². The molecule has 0 N–H and O–H groups in total. The maximum absolute atomic E-state index is 11.7. The molecule has 0 atom stereocenters. The molecule has 0 aromatic rings. The standard InChI is InChI=1S/CBrF4IO2S/c2-7(6)10(8,9)1(3,4)5. The number of rotatable bonds is 1. The van der Waals surface area contributed by atoms with Crippen molar-refractivity contribution in [3.8, 4) is 0 Å². The summed E-state index contributed by atoms with van der Waals surface area (Å²) in [5.41, 5.74) is -5.46. The Morgan fingerprint density at radius 2 is 1.60 bits per heavy atom. The van der Waals surface area contributed by atoms with E-state index in [0.717, 1.165) is 0 Å². The molecule has 0 aromatic carbocycles. The van der Waals surface area contributed by atoms with Crippen molar-refractivity contribution in [2.45, 2.75) is 5.51 Å². The molecule has 0 saturated heterocycles. The summed E-state index contributed by atoms with van der Waals surface area (Å²) in [6, 6.07) is 0. The van der Waals surface area contributed by atoms with Gasteiger partial charge in [-0.15, -0.1) is 0 Å². The summed E-state index contributed by atoms with van der Waals surface area (Å²) >= 11 is -2.69. The van der Waals surface area contributed by atoms with Crippen LogP contribution in [0.1, 0.15) is 0 Å². The van der Waals surface area contributed by atoms with Crippen LogP contribution in [0.25, 0.3) is 0 Å². The van der Waals surface area contributed by atoms with E-state index < -0.39 is 29.3 Å². The molecule has 64 valence electrons. The van der Waals surface area contributed by atoms with Crippen LogP contribution in [-0.2, 0) is 7.01 Å². The van der Waals surface area contributed by atoms with Crippen LogP contribution in [0.5, 0.6) is 0 Å². The summed E-state index contributed by atoms with van der Waals surface area (Å²) in [6.07, 6.45) is 0. The zero-order valence-electron chi connectivity index (χ0n) is 3.99. The fraction of sp³-hybridized carbons (Fsp3) is 1.00. The Balaban J connectivity index is 4.79. The van der Waals surface area contributed by atoms with E-state index in [4.69, 9.17) is 0 Å². The minimum absolute atomic E-state index is 1.81. The molecule has 0 radical (unpaired) electrons. The van der Waals surface area contributed by atoms with Crippen LogP contribution in [0.15, 0.2) is 0 Å². The second-order valence-corrected chi connectivity index (χ2v) is 14.9. The van der Waals surface area contributed by atoms with Crippen LogP contribution >= 0.6 is 29.5 Å². The Kier molecular flexibility index (Phi) is 3.36. The molecule has 0 rings (SSSR count). The molecule has 9 heteroatoms. The zero-order chi connectivity index (χ0) is 8.58. The van der Waals surface area contributed by atoms with Crippen LogP contribution in [0.4, 0.5) is 16.0 Å². The number of hydrogen-bond donors (Lipinski definition) is 0. The summed E-state index contributed by atoms with van der Waals surface area (Å²) in [5.74, 6) is 0. The van der Waals surface area contributed by atoms with Crippen molar-refractivity contribution in [2.24, 2.45) is 0 Å². The molecular weight excluding hydrogens is 359 g/mol. The van der Waals surface area contributed by atoms with Crippen LogP contribution in [0, 0.1) is 0 Å². The van der Waals surface area contributed by atoms with Gasteiger partial charge in [-0.2, -0.15) is 0 Å². The summed E-state index contributed by atoms with van der Waals surface area (Å²) in [4.78, 5) is 0. The van der Waals surface area contributed by atoms with Crippen molar-refractivity contribution in [1.82, 2.24) is 0 Å². The van der Waals surface area contributed by atoms with Gasteiger partial charge in [0.15, 0.2) is 0 Å². The van der Waals surface area contributed by atoms with E-state index in [1.165, 1.54) is 0 Å².